The maximum absolute atomic E-state index is 12.7. The molecule has 1 fully saturated rings. The molecule has 7 heteroatoms. The molecular weight excluding hydrogens is 330 g/mol. The van der Waals surface area contributed by atoms with Crippen molar-refractivity contribution in [3.63, 3.8) is 0 Å². The van der Waals surface area contributed by atoms with Crippen LogP contribution in [0, 0.1) is 0 Å². The van der Waals surface area contributed by atoms with Crippen molar-refractivity contribution in [2.45, 2.75) is 31.9 Å². The van der Waals surface area contributed by atoms with Crippen LogP contribution in [0.3, 0.4) is 0 Å². The van der Waals surface area contributed by atoms with E-state index in [1.807, 2.05) is 36.0 Å². The fourth-order valence-corrected chi connectivity index (χ4v) is 3.57. The number of aromatic nitrogens is 3. The fraction of sp³-hybridized carbons (Fsp3) is 0.474. The number of pyridine rings is 1. The van der Waals surface area contributed by atoms with E-state index in [4.69, 9.17) is 14.7 Å². The highest BCUT2D eigenvalue weighted by Crippen LogP contribution is 2.29. The molecule has 136 valence electrons. The summed E-state index contributed by atoms with van der Waals surface area (Å²) in [6, 6.07) is 3.83. The smallest absolute Gasteiger partial charge is 0.252 e. The van der Waals surface area contributed by atoms with Crippen LogP contribution < -0.4 is 4.90 Å². The van der Waals surface area contributed by atoms with Crippen LogP contribution in [0.1, 0.15) is 24.1 Å². The number of hydrogen-bond acceptors (Lipinski definition) is 6. The molecule has 0 aliphatic carbocycles. The number of ether oxygens (including phenoxy) is 1. The van der Waals surface area contributed by atoms with Crippen molar-refractivity contribution in [2.75, 3.05) is 32.1 Å². The lowest BCUT2D eigenvalue weighted by Gasteiger charge is -2.32. The first kappa shape index (κ1) is 16.9. The topological polar surface area (TPSA) is 71.5 Å². The maximum atomic E-state index is 12.7. The van der Waals surface area contributed by atoms with Crippen LogP contribution in [-0.4, -0.2) is 59.1 Å². The zero-order chi connectivity index (χ0) is 18.1. The SMILES string of the molecule is CN(C)c1nc(-c2cccnc2)nc2c1CCN(C(=O)[C@@H]1CCCO1)C2. The first-order valence-corrected chi connectivity index (χ1v) is 9.01. The monoisotopic (exact) mass is 353 g/mol. The van der Waals surface area contributed by atoms with Gasteiger partial charge in [-0.3, -0.25) is 9.78 Å². The lowest BCUT2D eigenvalue weighted by molar-refractivity contribution is -0.141. The molecule has 1 atom stereocenters. The second-order valence-electron chi connectivity index (χ2n) is 6.94. The predicted octanol–water partition coefficient (Wildman–Crippen LogP) is 1.67. The summed E-state index contributed by atoms with van der Waals surface area (Å²) in [7, 11) is 3.97. The Labute approximate surface area is 153 Å². The van der Waals surface area contributed by atoms with Crippen LogP contribution in [-0.2, 0) is 22.5 Å². The second kappa shape index (κ2) is 6.99. The van der Waals surface area contributed by atoms with Gasteiger partial charge in [-0.15, -0.1) is 0 Å². The van der Waals surface area contributed by atoms with Gasteiger partial charge in [0.15, 0.2) is 5.82 Å². The van der Waals surface area contributed by atoms with Crippen molar-refractivity contribution in [3.05, 3.63) is 35.8 Å². The summed E-state index contributed by atoms with van der Waals surface area (Å²) in [6.07, 6.45) is 5.74. The van der Waals surface area contributed by atoms with Gasteiger partial charge in [0.25, 0.3) is 5.91 Å². The van der Waals surface area contributed by atoms with Crippen LogP contribution in [0.2, 0.25) is 0 Å². The van der Waals surface area contributed by atoms with Gasteiger partial charge in [-0.05, 0) is 31.4 Å². The molecular formula is C19H23N5O2. The molecule has 0 radical (unpaired) electrons. The lowest BCUT2D eigenvalue weighted by atomic mass is 10.0. The zero-order valence-electron chi connectivity index (χ0n) is 15.2. The van der Waals surface area contributed by atoms with Gasteiger partial charge < -0.3 is 14.5 Å². The molecule has 0 N–H and O–H groups in total. The molecule has 4 rings (SSSR count). The van der Waals surface area contributed by atoms with E-state index in [0.717, 1.165) is 41.9 Å². The van der Waals surface area contributed by atoms with Gasteiger partial charge in [0.2, 0.25) is 0 Å². The average molecular weight is 353 g/mol. The number of amides is 1. The Morgan fingerprint density at radius 3 is 2.92 bits per heavy atom. The molecule has 7 nitrogen and oxygen atoms in total. The quantitative estimate of drug-likeness (QED) is 0.836. The van der Waals surface area contributed by atoms with Crippen LogP contribution in [0.4, 0.5) is 5.82 Å². The second-order valence-corrected chi connectivity index (χ2v) is 6.94. The summed E-state index contributed by atoms with van der Waals surface area (Å²) in [5.74, 6) is 1.64. The van der Waals surface area contributed by atoms with Crippen LogP contribution in [0.15, 0.2) is 24.5 Å². The summed E-state index contributed by atoms with van der Waals surface area (Å²) in [6.45, 7) is 1.87. The minimum atomic E-state index is -0.287. The Morgan fingerprint density at radius 1 is 1.35 bits per heavy atom. The Kier molecular flexibility index (Phi) is 4.55. The van der Waals surface area contributed by atoms with Crippen molar-refractivity contribution in [2.24, 2.45) is 0 Å². The Hall–Kier alpha value is -2.54. The van der Waals surface area contributed by atoms with E-state index in [1.165, 1.54) is 0 Å². The fourth-order valence-electron chi connectivity index (χ4n) is 3.57. The molecule has 2 aromatic rings. The van der Waals surface area contributed by atoms with E-state index >= 15 is 0 Å². The third kappa shape index (κ3) is 3.14. The maximum Gasteiger partial charge on any atom is 0.252 e. The van der Waals surface area contributed by atoms with Gasteiger partial charge >= 0.3 is 0 Å². The highest BCUT2D eigenvalue weighted by molar-refractivity contribution is 5.81. The molecule has 2 aliphatic heterocycles. The Bertz CT molecular complexity index is 803. The third-order valence-electron chi connectivity index (χ3n) is 4.90. The molecule has 2 aromatic heterocycles. The lowest BCUT2D eigenvalue weighted by Crippen LogP contribution is -2.42. The number of anilines is 1. The van der Waals surface area contributed by atoms with E-state index in [9.17, 15) is 4.79 Å². The van der Waals surface area contributed by atoms with E-state index < -0.39 is 0 Å². The van der Waals surface area contributed by atoms with Gasteiger partial charge in [0.1, 0.15) is 11.9 Å². The molecule has 0 spiro atoms. The van der Waals surface area contributed by atoms with Crippen LogP contribution >= 0.6 is 0 Å². The summed E-state index contributed by atoms with van der Waals surface area (Å²) >= 11 is 0. The predicted molar refractivity (Wildman–Crippen MR) is 97.7 cm³/mol. The molecule has 0 bridgehead atoms. The largest absolute Gasteiger partial charge is 0.368 e. The van der Waals surface area contributed by atoms with Gasteiger partial charge in [0.05, 0.1) is 12.2 Å². The molecule has 0 aromatic carbocycles. The number of rotatable bonds is 3. The standard InChI is InChI=1S/C19H23N5O2/c1-23(2)18-14-7-9-24(19(25)16-6-4-10-26-16)12-15(14)21-17(22-18)13-5-3-8-20-11-13/h3,5,8,11,16H,4,6-7,9-10,12H2,1-2H3/t16-/m0/s1. The minimum Gasteiger partial charge on any atom is -0.368 e. The number of carbonyl (C=O) groups excluding carboxylic acids is 1. The number of nitrogens with zero attached hydrogens (tertiary/aromatic N) is 5. The number of fused-ring (bicyclic) bond motifs is 1. The van der Waals surface area contributed by atoms with Crippen molar-refractivity contribution in [3.8, 4) is 11.4 Å². The molecule has 4 heterocycles. The van der Waals surface area contributed by atoms with Gasteiger partial charge in [0, 0.05) is 50.8 Å². The van der Waals surface area contributed by atoms with E-state index in [2.05, 4.69) is 4.98 Å². The van der Waals surface area contributed by atoms with Crippen LogP contribution in [0.25, 0.3) is 11.4 Å². The molecule has 2 aliphatic rings. The van der Waals surface area contributed by atoms with E-state index in [1.54, 1.807) is 12.4 Å². The highest BCUT2D eigenvalue weighted by Gasteiger charge is 2.32. The van der Waals surface area contributed by atoms with E-state index in [-0.39, 0.29) is 12.0 Å². The van der Waals surface area contributed by atoms with Crippen molar-refractivity contribution in [1.29, 1.82) is 0 Å². The van der Waals surface area contributed by atoms with Crippen molar-refractivity contribution < 1.29 is 9.53 Å². The summed E-state index contributed by atoms with van der Waals surface area (Å²) in [5, 5.41) is 0. The molecule has 1 saturated heterocycles. The number of carbonyl (C=O) groups is 1. The van der Waals surface area contributed by atoms with Crippen molar-refractivity contribution in [1.82, 2.24) is 19.9 Å². The summed E-state index contributed by atoms with van der Waals surface area (Å²) in [5.41, 5.74) is 2.92. The first-order chi connectivity index (χ1) is 12.6. The first-order valence-electron chi connectivity index (χ1n) is 9.01. The van der Waals surface area contributed by atoms with Crippen molar-refractivity contribution >= 4 is 11.7 Å². The normalized spacial score (nSPS) is 19.3. The Balaban J connectivity index is 1.68. The average Bonchev–Trinajstić information content (AvgIpc) is 3.21. The summed E-state index contributed by atoms with van der Waals surface area (Å²) in [4.78, 5) is 30.3. The van der Waals surface area contributed by atoms with Gasteiger partial charge in [-0.1, -0.05) is 0 Å². The van der Waals surface area contributed by atoms with Gasteiger partial charge in [-0.25, -0.2) is 9.97 Å². The molecule has 0 unspecified atom stereocenters. The van der Waals surface area contributed by atoms with Crippen LogP contribution in [0.5, 0.6) is 0 Å². The highest BCUT2D eigenvalue weighted by atomic mass is 16.5. The summed E-state index contributed by atoms with van der Waals surface area (Å²) < 4.78 is 5.57. The zero-order valence-corrected chi connectivity index (χ0v) is 15.2. The molecule has 1 amide bonds. The third-order valence-corrected chi connectivity index (χ3v) is 4.90. The molecule has 26 heavy (non-hydrogen) atoms. The number of hydrogen-bond donors (Lipinski definition) is 0. The minimum absolute atomic E-state index is 0.0843. The molecule has 0 saturated carbocycles. The Morgan fingerprint density at radius 2 is 2.23 bits per heavy atom. The van der Waals surface area contributed by atoms with E-state index in [0.29, 0.717) is 25.5 Å². The van der Waals surface area contributed by atoms with Gasteiger partial charge in [-0.2, -0.15) is 0 Å².